The summed E-state index contributed by atoms with van der Waals surface area (Å²) in [5, 5.41) is 0. The lowest BCUT2D eigenvalue weighted by Gasteiger charge is -2.29. The van der Waals surface area contributed by atoms with E-state index in [4.69, 9.17) is 5.73 Å². The highest BCUT2D eigenvalue weighted by Crippen LogP contribution is 2.31. The number of anilines is 2. The molecule has 2 aromatic rings. The van der Waals surface area contributed by atoms with E-state index in [2.05, 4.69) is 17.1 Å². The molecule has 3 heteroatoms. The van der Waals surface area contributed by atoms with Crippen LogP contribution in [0.5, 0.6) is 0 Å². The third kappa shape index (κ3) is 1.65. The van der Waals surface area contributed by atoms with Crippen molar-refractivity contribution in [1.82, 2.24) is 0 Å². The molecule has 0 atom stereocenters. The molecule has 0 bridgehead atoms. The number of benzene rings is 2. The van der Waals surface area contributed by atoms with Crippen LogP contribution in [0.2, 0.25) is 0 Å². The second-order valence-corrected chi connectivity index (χ2v) is 3.97. The molecule has 2 aromatic carbocycles. The number of para-hydroxylation sites is 2. The molecule has 0 unspecified atom stereocenters. The van der Waals surface area contributed by atoms with Crippen molar-refractivity contribution in [3.8, 4) is 0 Å². The number of aliphatic imine (C=N–C) groups is 1. The Kier molecular flexibility index (Phi) is 2.29. The molecule has 0 fully saturated rings. The van der Waals surface area contributed by atoms with Gasteiger partial charge in [-0.1, -0.05) is 36.4 Å². The zero-order valence-corrected chi connectivity index (χ0v) is 9.38. The molecular weight excluding hydrogens is 210 g/mol. The van der Waals surface area contributed by atoms with Crippen LogP contribution in [-0.2, 0) is 6.54 Å². The fourth-order valence-electron chi connectivity index (χ4n) is 2.07. The van der Waals surface area contributed by atoms with Crippen molar-refractivity contribution >= 4 is 17.3 Å². The van der Waals surface area contributed by atoms with E-state index in [9.17, 15) is 0 Å². The number of hydrogen-bond donors (Lipinski definition) is 1. The molecule has 1 aliphatic rings. The first kappa shape index (κ1) is 9.90. The molecule has 0 saturated carbocycles. The van der Waals surface area contributed by atoms with Gasteiger partial charge in [0.25, 0.3) is 0 Å². The maximum atomic E-state index is 6.00. The summed E-state index contributed by atoms with van der Waals surface area (Å²) in [6, 6.07) is 18.3. The maximum Gasteiger partial charge on any atom is 0.200 e. The third-order valence-corrected chi connectivity index (χ3v) is 2.89. The van der Waals surface area contributed by atoms with Gasteiger partial charge in [-0.2, -0.15) is 0 Å². The van der Waals surface area contributed by atoms with Crippen molar-refractivity contribution in [2.24, 2.45) is 10.7 Å². The number of hydrogen-bond acceptors (Lipinski definition) is 3. The lowest BCUT2D eigenvalue weighted by Crippen LogP contribution is -2.36. The van der Waals surface area contributed by atoms with Crippen molar-refractivity contribution in [2.75, 3.05) is 4.90 Å². The van der Waals surface area contributed by atoms with Crippen LogP contribution in [0.4, 0.5) is 11.4 Å². The van der Waals surface area contributed by atoms with E-state index in [0.29, 0.717) is 12.5 Å². The second kappa shape index (κ2) is 3.94. The highest BCUT2D eigenvalue weighted by Gasteiger charge is 2.19. The van der Waals surface area contributed by atoms with Gasteiger partial charge in [0.05, 0.1) is 12.2 Å². The van der Waals surface area contributed by atoms with E-state index in [-0.39, 0.29) is 0 Å². The van der Waals surface area contributed by atoms with E-state index < -0.39 is 0 Å². The monoisotopic (exact) mass is 223 g/mol. The predicted molar refractivity (Wildman–Crippen MR) is 70.3 cm³/mol. The Morgan fingerprint density at radius 3 is 2.47 bits per heavy atom. The van der Waals surface area contributed by atoms with Gasteiger partial charge in [-0.3, -0.25) is 4.90 Å². The first-order valence-corrected chi connectivity index (χ1v) is 5.59. The molecule has 2 N–H and O–H groups in total. The molecule has 0 aliphatic carbocycles. The first-order valence-electron chi connectivity index (χ1n) is 5.59. The lowest BCUT2D eigenvalue weighted by molar-refractivity contribution is 1.00. The minimum absolute atomic E-state index is 0.551. The molecule has 1 heterocycles. The van der Waals surface area contributed by atoms with Crippen LogP contribution in [0.25, 0.3) is 0 Å². The molecule has 3 rings (SSSR count). The molecule has 0 amide bonds. The molecule has 0 aromatic heterocycles. The summed E-state index contributed by atoms with van der Waals surface area (Å²) in [6.07, 6.45) is 0. The molecule has 3 nitrogen and oxygen atoms in total. The zero-order chi connectivity index (χ0) is 11.7. The maximum absolute atomic E-state index is 6.00. The van der Waals surface area contributed by atoms with Gasteiger partial charge in [-0.15, -0.1) is 0 Å². The van der Waals surface area contributed by atoms with Gasteiger partial charge >= 0.3 is 0 Å². The minimum atomic E-state index is 0.551. The van der Waals surface area contributed by atoms with E-state index in [1.165, 1.54) is 5.56 Å². The topological polar surface area (TPSA) is 41.6 Å². The van der Waals surface area contributed by atoms with Crippen LogP contribution in [0.15, 0.2) is 59.6 Å². The van der Waals surface area contributed by atoms with Crippen molar-refractivity contribution < 1.29 is 0 Å². The van der Waals surface area contributed by atoms with Crippen molar-refractivity contribution in [3.05, 3.63) is 60.2 Å². The van der Waals surface area contributed by atoms with Gasteiger partial charge in [0, 0.05) is 5.69 Å². The number of nitrogens with two attached hydrogens (primary N) is 1. The molecular formula is C14H13N3. The summed E-state index contributed by atoms with van der Waals surface area (Å²) >= 11 is 0. The normalized spacial score (nSPS) is 14.1. The van der Waals surface area contributed by atoms with Crippen molar-refractivity contribution in [3.63, 3.8) is 0 Å². The smallest absolute Gasteiger partial charge is 0.200 e. The van der Waals surface area contributed by atoms with Gasteiger partial charge in [0.15, 0.2) is 0 Å². The van der Waals surface area contributed by atoms with Crippen LogP contribution in [-0.4, -0.2) is 5.96 Å². The summed E-state index contributed by atoms with van der Waals surface area (Å²) in [5.74, 6) is 0.551. The largest absolute Gasteiger partial charge is 0.369 e. The summed E-state index contributed by atoms with van der Waals surface area (Å²) < 4.78 is 0. The summed E-state index contributed by atoms with van der Waals surface area (Å²) in [5.41, 5.74) is 9.36. The molecule has 0 saturated heterocycles. The van der Waals surface area contributed by atoms with Crippen LogP contribution < -0.4 is 10.6 Å². The fourth-order valence-corrected chi connectivity index (χ4v) is 2.07. The summed E-state index contributed by atoms with van der Waals surface area (Å²) in [6.45, 7) is 0.658. The Hall–Kier alpha value is -2.29. The summed E-state index contributed by atoms with van der Waals surface area (Å²) in [4.78, 5) is 6.33. The second-order valence-electron chi connectivity index (χ2n) is 3.97. The van der Waals surface area contributed by atoms with E-state index >= 15 is 0 Å². The van der Waals surface area contributed by atoms with Crippen LogP contribution in [0, 0.1) is 0 Å². The van der Waals surface area contributed by atoms with Crippen LogP contribution >= 0.6 is 0 Å². The summed E-state index contributed by atoms with van der Waals surface area (Å²) in [7, 11) is 0. The fraction of sp³-hybridized carbons (Fsp3) is 0.0714. The van der Waals surface area contributed by atoms with Gasteiger partial charge in [-0.05, 0) is 23.8 Å². The zero-order valence-electron chi connectivity index (χ0n) is 9.38. The van der Waals surface area contributed by atoms with E-state index in [1.54, 1.807) is 0 Å². The van der Waals surface area contributed by atoms with Crippen molar-refractivity contribution in [1.29, 1.82) is 0 Å². The standard InChI is InChI=1S/C14H13N3/c15-14-16-10-11-6-4-5-9-13(11)17(14)12-7-2-1-3-8-12/h1-9H,10H2,(H2,15,16). The predicted octanol–water partition coefficient (Wildman–Crippen LogP) is 2.65. The lowest BCUT2D eigenvalue weighted by atomic mass is 10.1. The van der Waals surface area contributed by atoms with Gasteiger partial charge in [-0.25, -0.2) is 4.99 Å². The van der Waals surface area contributed by atoms with Gasteiger partial charge < -0.3 is 5.73 Å². The Bertz CT molecular complexity index is 561. The SMILES string of the molecule is NC1=NCc2ccccc2N1c1ccccc1. The molecule has 0 spiro atoms. The van der Waals surface area contributed by atoms with E-state index in [1.807, 2.05) is 47.4 Å². The number of guanidine groups is 1. The minimum Gasteiger partial charge on any atom is -0.369 e. The third-order valence-electron chi connectivity index (χ3n) is 2.89. The molecule has 1 aliphatic heterocycles. The first-order chi connectivity index (χ1) is 8.36. The van der Waals surface area contributed by atoms with Crippen molar-refractivity contribution in [2.45, 2.75) is 6.54 Å². The van der Waals surface area contributed by atoms with E-state index in [0.717, 1.165) is 11.4 Å². The van der Waals surface area contributed by atoms with Crippen LogP contribution in [0.3, 0.4) is 0 Å². The Morgan fingerprint density at radius 2 is 1.65 bits per heavy atom. The van der Waals surface area contributed by atoms with Crippen LogP contribution in [0.1, 0.15) is 5.56 Å². The Balaban J connectivity index is 2.14. The highest BCUT2D eigenvalue weighted by molar-refractivity contribution is 6.03. The molecule has 84 valence electrons. The number of rotatable bonds is 1. The quantitative estimate of drug-likeness (QED) is 0.807. The Morgan fingerprint density at radius 1 is 0.941 bits per heavy atom. The Labute approximate surface area is 100 Å². The molecule has 17 heavy (non-hydrogen) atoms. The molecule has 0 radical (unpaired) electrons. The van der Waals surface area contributed by atoms with Gasteiger partial charge in [0.1, 0.15) is 0 Å². The number of nitrogens with zero attached hydrogens (tertiary/aromatic N) is 2. The average molecular weight is 223 g/mol. The van der Waals surface area contributed by atoms with Gasteiger partial charge in [0.2, 0.25) is 5.96 Å². The highest BCUT2D eigenvalue weighted by atomic mass is 15.3. The number of fused-ring (bicyclic) bond motifs is 1. The average Bonchev–Trinajstić information content (AvgIpc) is 2.39.